The van der Waals surface area contributed by atoms with E-state index in [0.717, 1.165) is 0 Å². The molecule has 0 saturated heterocycles. The lowest BCUT2D eigenvalue weighted by Crippen LogP contribution is -2.52. The van der Waals surface area contributed by atoms with Gasteiger partial charge in [-0.3, -0.25) is 0 Å². The summed E-state index contributed by atoms with van der Waals surface area (Å²) >= 11 is 0. The molecule has 0 aromatic heterocycles. The predicted molar refractivity (Wildman–Crippen MR) is 90.1 cm³/mol. The van der Waals surface area contributed by atoms with Crippen LogP contribution < -0.4 is 0 Å². The monoisotopic (exact) mass is 378 g/mol. The van der Waals surface area contributed by atoms with Gasteiger partial charge in [0.2, 0.25) is 0 Å². The summed E-state index contributed by atoms with van der Waals surface area (Å²) in [6.07, 6.45) is -5.03. The van der Waals surface area contributed by atoms with Crippen LogP contribution in [0.3, 0.4) is 0 Å². The Morgan fingerprint density at radius 1 is 0.857 bits per heavy atom. The van der Waals surface area contributed by atoms with Crippen LogP contribution in [0, 0.1) is 0 Å². The fraction of sp³-hybridized carbons (Fsp3) is 1.00. The first-order valence-corrected chi connectivity index (χ1v) is 18.6. The molecule has 0 aromatic carbocycles. The zero-order chi connectivity index (χ0) is 17.1. The summed E-state index contributed by atoms with van der Waals surface area (Å²) in [6, 6.07) is -0.0623. The minimum absolute atomic E-state index is 0.0623. The molecule has 0 saturated carbocycles. The van der Waals surface area contributed by atoms with Gasteiger partial charge in [-0.25, -0.2) is 0 Å². The van der Waals surface area contributed by atoms with Gasteiger partial charge in [-0.2, -0.15) is 13.2 Å². The van der Waals surface area contributed by atoms with E-state index in [-0.39, 0.29) is 6.04 Å². The van der Waals surface area contributed by atoms with Crippen molar-refractivity contribution in [1.29, 1.82) is 0 Å². The average molecular weight is 379 g/mol. The summed E-state index contributed by atoms with van der Waals surface area (Å²) in [4.78, 5) is 0. The highest BCUT2D eigenvalue weighted by atomic mass is 28.5. The minimum atomic E-state index is -4.18. The summed E-state index contributed by atoms with van der Waals surface area (Å²) in [5.41, 5.74) is 0. The average Bonchev–Trinajstić information content (AvgIpc) is 2.06. The molecule has 2 unspecified atom stereocenters. The molecule has 0 rings (SSSR count). The maximum atomic E-state index is 12.5. The molecule has 128 valence electrons. The maximum Gasteiger partial charge on any atom is 0.389 e. The van der Waals surface area contributed by atoms with Gasteiger partial charge in [0.25, 0.3) is 9.28 Å². The first-order valence-electron chi connectivity index (χ1n) is 7.14. The third kappa shape index (κ3) is 12.7. The highest BCUT2D eigenvalue weighted by molar-refractivity contribution is 6.85. The molecule has 3 nitrogen and oxygen atoms in total. The highest BCUT2D eigenvalue weighted by Gasteiger charge is 2.42. The molecule has 0 aromatic rings. The Labute approximate surface area is 131 Å². The molecule has 0 N–H and O–H groups in total. The summed E-state index contributed by atoms with van der Waals surface area (Å²) in [6.45, 7) is 15.7. The van der Waals surface area contributed by atoms with Crippen LogP contribution >= 0.6 is 0 Å². The van der Waals surface area contributed by atoms with Crippen LogP contribution in [0.4, 0.5) is 13.2 Å². The zero-order valence-corrected chi connectivity index (χ0v) is 18.5. The summed E-state index contributed by atoms with van der Waals surface area (Å²) in [5, 5.41) is 0. The molecular weight excluding hydrogens is 349 g/mol. The Morgan fingerprint density at radius 2 is 1.33 bits per heavy atom. The standard InChI is InChI=1S/C11H29F3O3Si4/c1-18(15-19(2,3)4)16-21(8,17-20(5,6)7)10-9-11(12,13)14/h18H,9-10H2,1-8H3. The zero-order valence-electron chi connectivity index (χ0n) is 14.4. The number of rotatable bonds is 8. The van der Waals surface area contributed by atoms with E-state index in [1.807, 2.05) is 45.8 Å². The second kappa shape index (κ2) is 7.40. The van der Waals surface area contributed by atoms with Crippen molar-refractivity contribution in [2.24, 2.45) is 0 Å². The van der Waals surface area contributed by atoms with E-state index >= 15 is 0 Å². The lowest BCUT2D eigenvalue weighted by atomic mass is 10.5. The Hall–Kier alpha value is 0.538. The van der Waals surface area contributed by atoms with Crippen LogP contribution in [-0.2, 0) is 12.3 Å². The first kappa shape index (κ1) is 21.5. The van der Waals surface area contributed by atoms with Crippen LogP contribution in [0.2, 0.25) is 58.4 Å². The van der Waals surface area contributed by atoms with Gasteiger partial charge in [-0.15, -0.1) is 0 Å². The van der Waals surface area contributed by atoms with Crippen LogP contribution in [0.5, 0.6) is 0 Å². The van der Waals surface area contributed by atoms with Crippen molar-refractivity contribution in [1.82, 2.24) is 0 Å². The van der Waals surface area contributed by atoms with Crippen molar-refractivity contribution >= 4 is 34.5 Å². The fourth-order valence-electron chi connectivity index (χ4n) is 2.02. The van der Waals surface area contributed by atoms with E-state index < -0.39 is 47.1 Å². The molecule has 0 aliphatic heterocycles. The van der Waals surface area contributed by atoms with Crippen LogP contribution in [-0.4, -0.2) is 40.7 Å². The first-order chi connectivity index (χ1) is 9.02. The van der Waals surface area contributed by atoms with Crippen molar-refractivity contribution in [2.45, 2.75) is 71.0 Å². The third-order valence-corrected chi connectivity index (χ3v) is 15.1. The van der Waals surface area contributed by atoms with Gasteiger partial charge in [-0.1, -0.05) is 0 Å². The molecule has 0 radical (unpaired) electrons. The van der Waals surface area contributed by atoms with Gasteiger partial charge < -0.3 is 12.3 Å². The fourth-order valence-corrected chi connectivity index (χ4v) is 16.9. The van der Waals surface area contributed by atoms with Crippen LogP contribution in [0.1, 0.15) is 6.42 Å². The Bertz CT molecular complexity index is 328. The van der Waals surface area contributed by atoms with Crippen molar-refractivity contribution in [3.8, 4) is 0 Å². The molecule has 0 fully saturated rings. The number of hydrogen-bond donors (Lipinski definition) is 0. The van der Waals surface area contributed by atoms with E-state index in [0.29, 0.717) is 0 Å². The third-order valence-electron chi connectivity index (χ3n) is 2.32. The largest absolute Gasteiger partial charge is 0.439 e. The molecule has 0 heterocycles. The molecule has 0 spiro atoms. The Morgan fingerprint density at radius 3 is 1.67 bits per heavy atom. The molecule has 0 bridgehead atoms. The number of hydrogen-bond acceptors (Lipinski definition) is 3. The van der Waals surface area contributed by atoms with Gasteiger partial charge >= 0.3 is 14.7 Å². The number of alkyl halides is 3. The van der Waals surface area contributed by atoms with Crippen LogP contribution in [0.15, 0.2) is 0 Å². The van der Waals surface area contributed by atoms with Gasteiger partial charge in [0.05, 0.1) is 0 Å². The van der Waals surface area contributed by atoms with E-state index in [9.17, 15) is 13.2 Å². The quantitative estimate of drug-likeness (QED) is 0.579. The highest BCUT2D eigenvalue weighted by Crippen LogP contribution is 2.30. The van der Waals surface area contributed by atoms with E-state index in [1.165, 1.54) is 0 Å². The van der Waals surface area contributed by atoms with Gasteiger partial charge in [-0.05, 0) is 58.4 Å². The molecule has 0 aliphatic carbocycles. The van der Waals surface area contributed by atoms with Gasteiger partial charge in [0.15, 0.2) is 16.6 Å². The van der Waals surface area contributed by atoms with Gasteiger partial charge in [0.1, 0.15) is 0 Å². The van der Waals surface area contributed by atoms with Crippen molar-refractivity contribution < 1.29 is 25.5 Å². The minimum Gasteiger partial charge on any atom is -0.439 e. The lowest BCUT2D eigenvalue weighted by Gasteiger charge is -2.37. The van der Waals surface area contributed by atoms with Crippen LogP contribution in [0.25, 0.3) is 0 Å². The SMILES string of the molecule is C[SiH](O[Si](C)(C)C)O[Si](C)(CCC(F)(F)F)O[Si](C)(C)C. The second-order valence-corrected chi connectivity index (χ2v) is 22.4. The van der Waals surface area contributed by atoms with Crippen molar-refractivity contribution in [3.05, 3.63) is 0 Å². The molecule has 0 aliphatic rings. The lowest BCUT2D eigenvalue weighted by molar-refractivity contribution is -0.131. The predicted octanol–water partition coefficient (Wildman–Crippen LogP) is 4.58. The summed E-state index contributed by atoms with van der Waals surface area (Å²) in [5.74, 6) is 0. The van der Waals surface area contributed by atoms with E-state index in [1.54, 1.807) is 6.55 Å². The smallest absolute Gasteiger partial charge is 0.389 e. The maximum absolute atomic E-state index is 12.5. The topological polar surface area (TPSA) is 27.7 Å². The van der Waals surface area contributed by atoms with Crippen molar-refractivity contribution in [3.63, 3.8) is 0 Å². The van der Waals surface area contributed by atoms with Gasteiger partial charge in [0, 0.05) is 6.42 Å². The van der Waals surface area contributed by atoms with Crippen molar-refractivity contribution in [2.75, 3.05) is 0 Å². The van der Waals surface area contributed by atoms with E-state index in [2.05, 4.69) is 0 Å². The Kier molecular flexibility index (Phi) is 7.59. The number of halogens is 3. The molecule has 2 atom stereocenters. The van der Waals surface area contributed by atoms with E-state index in [4.69, 9.17) is 12.3 Å². The molecule has 10 heteroatoms. The molecule has 0 amide bonds. The normalized spacial score (nSPS) is 18.4. The second-order valence-electron chi connectivity index (χ2n) is 7.38. The molecular formula is C11H29F3O3Si4. The summed E-state index contributed by atoms with van der Waals surface area (Å²) in [7, 11) is -8.54. The molecule has 21 heavy (non-hydrogen) atoms. The Balaban J connectivity index is 4.88. The summed E-state index contributed by atoms with van der Waals surface area (Å²) < 4.78 is 55.6.